The SMILES string of the molecule is CC(c1ccc(I)cc1)c1cccc(I)c1. The van der Waals surface area contributed by atoms with Crippen molar-refractivity contribution in [3.8, 4) is 0 Å². The third-order valence-electron chi connectivity index (χ3n) is 2.72. The van der Waals surface area contributed by atoms with Gasteiger partial charge < -0.3 is 0 Å². The van der Waals surface area contributed by atoms with E-state index in [0.717, 1.165) is 0 Å². The Labute approximate surface area is 124 Å². The summed E-state index contributed by atoms with van der Waals surface area (Å²) in [6.07, 6.45) is 0. The van der Waals surface area contributed by atoms with E-state index >= 15 is 0 Å². The second-order valence-corrected chi connectivity index (χ2v) is 6.32. The molecule has 0 fully saturated rings. The van der Waals surface area contributed by atoms with Gasteiger partial charge in [0.2, 0.25) is 0 Å². The first-order valence-corrected chi connectivity index (χ1v) is 7.33. The molecule has 1 atom stereocenters. The predicted molar refractivity (Wildman–Crippen MR) is 85.8 cm³/mol. The van der Waals surface area contributed by atoms with Gasteiger partial charge in [0, 0.05) is 13.1 Å². The molecule has 2 rings (SSSR count). The van der Waals surface area contributed by atoms with Gasteiger partial charge in [-0.3, -0.25) is 0 Å². The summed E-state index contributed by atoms with van der Waals surface area (Å²) >= 11 is 4.70. The first-order chi connectivity index (χ1) is 7.66. The zero-order chi connectivity index (χ0) is 11.5. The molecular weight excluding hydrogens is 422 g/mol. The fourth-order valence-electron chi connectivity index (χ4n) is 1.72. The highest BCUT2D eigenvalue weighted by Crippen LogP contribution is 2.25. The summed E-state index contributed by atoms with van der Waals surface area (Å²) in [6.45, 7) is 2.26. The van der Waals surface area contributed by atoms with Crippen LogP contribution in [0, 0.1) is 7.14 Å². The van der Waals surface area contributed by atoms with Crippen molar-refractivity contribution in [3.05, 3.63) is 66.8 Å². The monoisotopic (exact) mass is 434 g/mol. The Balaban J connectivity index is 2.31. The molecule has 2 aromatic rings. The van der Waals surface area contributed by atoms with Crippen LogP contribution in [0.3, 0.4) is 0 Å². The van der Waals surface area contributed by atoms with E-state index in [1.54, 1.807) is 0 Å². The molecule has 0 aliphatic heterocycles. The van der Waals surface area contributed by atoms with Crippen LogP contribution in [0.2, 0.25) is 0 Å². The van der Waals surface area contributed by atoms with E-state index < -0.39 is 0 Å². The zero-order valence-electron chi connectivity index (χ0n) is 8.95. The van der Waals surface area contributed by atoms with Crippen LogP contribution < -0.4 is 0 Å². The first-order valence-electron chi connectivity index (χ1n) is 5.18. The molecule has 0 aliphatic carbocycles. The maximum Gasteiger partial charge on any atom is 0.0133 e. The molecule has 0 aliphatic rings. The van der Waals surface area contributed by atoms with Crippen molar-refractivity contribution in [1.29, 1.82) is 0 Å². The van der Waals surface area contributed by atoms with Crippen molar-refractivity contribution >= 4 is 45.2 Å². The van der Waals surface area contributed by atoms with Gasteiger partial charge in [-0.05, 0) is 80.6 Å². The van der Waals surface area contributed by atoms with Gasteiger partial charge in [-0.2, -0.15) is 0 Å². The maximum atomic E-state index is 2.36. The second kappa shape index (κ2) is 5.49. The van der Waals surface area contributed by atoms with E-state index in [1.165, 1.54) is 18.3 Å². The average molecular weight is 434 g/mol. The third kappa shape index (κ3) is 2.97. The van der Waals surface area contributed by atoms with Gasteiger partial charge in [-0.15, -0.1) is 0 Å². The molecule has 16 heavy (non-hydrogen) atoms. The Bertz CT molecular complexity index is 474. The van der Waals surface area contributed by atoms with Crippen LogP contribution in [0.1, 0.15) is 24.0 Å². The van der Waals surface area contributed by atoms with Gasteiger partial charge in [0.1, 0.15) is 0 Å². The Hall–Kier alpha value is -0.100. The van der Waals surface area contributed by atoms with E-state index in [9.17, 15) is 0 Å². The molecule has 0 N–H and O–H groups in total. The predicted octanol–water partition coefficient (Wildman–Crippen LogP) is 5.05. The smallest absolute Gasteiger partial charge is 0.0133 e. The van der Waals surface area contributed by atoms with Gasteiger partial charge >= 0.3 is 0 Å². The number of halogens is 2. The molecule has 0 amide bonds. The van der Waals surface area contributed by atoms with Crippen molar-refractivity contribution in [2.24, 2.45) is 0 Å². The Kier molecular flexibility index (Phi) is 4.24. The molecule has 0 aromatic heterocycles. The molecule has 0 saturated carbocycles. The Morgan fingerprint density at radius 3 is 2.12 bits per heavy atom. The van der Waals surface area contributed by atoms with Crippen LogP contribution in [0.15, 0.2) is 48.5 Å². The van der Waals surface area contributed by atoms with E-state index in [0.29, 0.717) is 5.92 Å². The number of rotatable bonds is 2. The largest absolute Gasteiger partial charge is 0.0609 e. The van der Waals surface area contributed by atoms with Crippen molar-refractivity contribution in [3.63, 3.8) is 0 Å². The lowest BCUT2D eigenvalue weighted by Crippen LogP contribution is -1.96. The van der Waals surface area contributed by atoms with Crippen molar-refractivity contribution in [1.82, 2.24) is 0 Å². The van der Waals surface area contributed by atoms with Crippen LogP contribution in [0.4, 0.5) is 0 Å². The van der Waals surface area contributed by atoms with Gasteiger partial charge in [-0.1, -0.05) is 31.2 Å². The van der Waals surface area contributed by atoms with Crippen LogP contribution >= 0.6 is 45.2 Å². The molecule has 0 nitrogen and oxygen atoms in total. The zero-order valence-corrected chi connectivity index (χ0v) is 13.3. The molecule has 2 aromatic carbocycles. The molecule has 0 bridgehead atoms. The van der Waals surface area contributed by atoms with Crippen molar-refractivity contribution in [2.45, 2.75) is 12.8 Å². The second-order valence-electron chi connectivity index (χ2n) is 3.83. The molecule has 0 saturated heterocycles. The Morgan fingerprint density at radius 1 is 0.812 bits per heavy atom. The van der Waals surface area contributed by atoms with Gasteiger partial charge in [0.25, 0.3) is 0 Å². The lowest BCUT2D eigenvalue weighted by atomic mass is 9.93. The van der Waals surface area contributed by atoms with Crippen LogP contribution in [0.5, 0.6) is 0 Å². The molecule has 2 heteroatoms. The summed E-state index contributed by atoms with van der Waals surface area (Å²) in [7, 11) is 0. The summed E-state index contributed by atoms with van der Waals surface area (Å²) < 4.78 is 2.59. The molecule has 0 radical (unpaired) electrons. The lowest BCUT2D eigenvalue weighted by Gasteiger charge is -2.12. The number of hydrogen-bond donors (Lipinski definition) is 0. The summed E-state index contributed by atoms with van der Waals surface area (Å²) in [6, 6.07) is 17.5. The van der Waals surface area contributed by atoms with Crippen LogP contribution in [-0.4, -0.2) is 0 Å². The van der Waals surface area contributed by atoms with Gasteiger partial charge in [0.05, 0.1) is 0 Å². The van der Waals surface area contributed by atoms with Crippen molar-refractivity contribution in [2.75, 3.05) is 0 Å². The summed E-state index contributed by atoms with van der Waals surface area (Å²) in [4.78, 5) is 0. The summed E-state index contributed by atoms with van der Waals surface area (Å²) in [5.74, 6) is 0.465. The van der Waals surface area contributed by atoms with E-state index in [1.807, 2.05) is 0 Å². The van der Waals surface area contributed by atoms with Crippen molar-refractivity contribution < 1.29 is 0 Å². The fraction of sp³-hybridized carbons (Fsp3) is 0.143. The van der Waals surface area contributed by atoms with Crippen LogP contribution in [0.25, 0.3) is 0 Å². The van der Waals surface area contributed by atoms with Gasteiger partial charge in [-0.25, -0.2) is 0 Å². The molecule has 0 heterocycles. The van der Waals surface area contributed by atoms with Gasteiger partial charge in [0.15, 0.2) is 0 Å². The fourth-order valence-corrected chi connectivity index (χ4v) is 2.65. The topological polar surface area (TPSA) is 0 Å². The minimum Gasteiger partial charge on any atom is -0.0609 e. The normalized spacial score (nSPS) is 12.4. The molecular formula is C14H12I2. The average Bonchev–Trinajstić information content (AvgIpc) is 2.29. The van der Waals surface area contributed by atoms with E-state index in [-0.39, 0.29) is 0 Å². The minimum absolute atomic E-state index is 0.465. The minimum atomic E-state index is 0.465. The summed E-state index contributed by atoms with van der Waals surface area (Å²) in [5.41, 5.74) is 2.76. The highest BCUT2D eigenvalue weighted by molar-refractivity contribution is 14.1. The maximum absolute atomic E-state index is 2.36. The number of benzene rings is 2. The third-order valence-corrected chi connectivity index (χ3v) is 4.11. The number of hydrogen-bond acceptors (Lipinski definition) is 0. The highest BCUT2D eigenvalue weighted by atomic mass is 127. The molecule has 0 spiro atoms. The Morgan fingerprint density at radius 2 is 1.50 bits per heavy atom. The van der Waals surface area contributed by atoms with Crippen LogP contribution in [-0.2, 0) is 0 Å². The summed E-state index contributed by atoms with van der Waals surface area (Å²) in [5, 5.41) is 0. The quantitative estimate of drug-likeness (QED) is 0.581. The molecule has 82 valence electrons. The molecule has 1 unspecified atom stereocenters. The first kappa shape index (κ1) is 12.4. The lowest BCUT2D eigenvalue weighted by molar-refractivity contribution is 0.920. The highest BCUT2D eigenvalue weighted by Gasteiger charge is 2.07. The standard InChI is InChI=1S/C14H12I2/c1-10(11-5-7-13(15)8-6-11)12-3-2-4-14(16)9-12/h2-10H,1H3. The van der Waals surface area contributed by atoms with E-state index in [4.69, 9.17) is 0 Å². The van der Waals surface area contributed by atoms with E-state index in [2.05, 4.69) is 101 Å².